The summed E-state index contributed by atoms with van der Waals surface area (Å²) < 4.78 is 0. The molecule has 1 unspecified atom stereocenters. The molecular weight excluding hydrogens is 591 g/mol. The van der Waals surface area contributed by atoms with Crippen LogP contribution < -0.4 is 16.0 Å². The van der Waals surface area contributed by atoms with Crippen LogP contribution in [0.3, 0.4) is 0 Å². The van der Waals surface area contributed by atoms with E-state index in [4.69, 9.17) is 0 Å². The highest BCUT2D eigenvalue weighted by atomic mass is 32.2. The van der Waals surface area contributed by atoms with Gasteiger partial charge in [0.05, 0.1) is 0 Å². The van der Waals surface area contributed by atoms with E-state index in [2.05, 4.69) is 26.1 Å². The lowest BCUT2D eigenvalue weighted by Gasteiger charge is -2.16. The van der Waals surface area contributed by atoms with Gasteiger partial charge < -0.3 is 10.6 Å². The van der Waals surface area contributed by atoms with Crippen molar-refractivity contribution >= 4 is 57.7 Å². The SMILES string of the molecule is Cc1ccc(/C=C(\NC(=O)c2ccccc2)C(=O)Nc2ccc(SC(C(=O)Nc3nnc(C)s3)c3ccccc3)cc2)cc1. The van der Waals surface area contributed by atoms with Gasteiger partial charge in [-0.2, -0.15) is 0 Å². The van der Waals surface area contributed by atoms with Crippen molar-refractivity contribution in [2.75, 3.05) is 10.6 Å². The van der Waals surface area contributed by atoms with Crippen LogP contribution in [0.25, 0.3) is 6.08 Å². The largest absolute Gasteiger partial charge is 0.321 e. The predicted molar refractivity (Wildman–Crippen MR) is 176 cm³/mol. The fraction of sp³-hybridized carbons (Fsp3) is 0.0882. The second-order valence-electron chi connectivity index (χ2n) is 9.79. The molecule has 0 aliphatic carbocycles. The van der Waals surface area contributed by atoms with Crippen LogP contribution in [0.4, 0.5) is 10.8 Å². The topological polar surface area (TPSA) is 113 Å². The molecule has 1 atom stereocenters. The zero-order valence-corrected chi connectivity index (χ0v) is 25.6. The molecule has 0 saturated heterocycles. The first-order valence-electron chi connectivity index (χ1n) is 13.7. The normalized spacial score (nSPS) is 11.8. The Morgan fingerprint density at radius 1 is 0.773 bits per heavy atom. The first-order chi connectivity index (χ1) is 21.3. The van der Waals surface area contributed by atoms with Gasteiger partial charge in [-0.05, 0) is 67.4 Å². The highest BCUT2D eigenvalue weighted by molar-refractivity contribution is 8.00. The van der Waals surface area contributed by atoms with Crippen LogP contribution in [-0.4, -0.2) is 27.9 Å². The molecule has 44 heavy (non-hydrogen) atoms. The number of carbonyl (C=O) groups is 3. The molecule has 0 radical (unpaired) electrons. The van der Waals surface area contributed by atoms with Gasteiger partial charge in [-0.15, -0.1) is 22.0 Å². The van der Waals surface area contributed by atoms with Gasteiger partial charge in [0.15, 0.2) is 0 Å². The Hall–Kier alpha value is -5.06. The van der Waals surface area contributed by atoms with Gasteiger partial charge >= 0.3 is 0 Å². The Kier molecular flexibility index (Phi) is 9.96. The van der Waals surface area contributed by atoms with Crippen LogP contribution in [0.5, 0.6) is 0 Å². The van der Waals surface area contributed by atoms with Crippen molar-refractivity contribution in [1.82, 2.24) is 15.5 Å². The number of rotatable bonds is 10. The summed E-state index contributed by atoms with van der Waals surface area (Å²) in [5.41, 5.74) is 3.78. The van der Waals surface area contributed by atoms with Gasteiger partial charge in [0.25, 0.3) is 11.8 Å². The molecule has 220 valence electrons. The van der Waals surface area contributed by atoms with E-state index in [0.717, 1.165) is 26.6 Å². The van der Waals surface area contributed by atoms with Crippen LogP contribution in [-0.2, 0) is 9.59 Å². The fourth-order valence-corrected chi connectivity index (χ4v) is 5.76. The van der Waals surface area contributed by atoms with E-state index >= 15 is 0 Å². The van der Waals surface area contributed by atoms with Crippen molar-refractivity contribution in [3.8, 4) is 0 Å². The zero-order chi connectivity index (χ0) is 30.9. The van der Waals surface area contributed by atoms with Crippen molar-refractivity contribution in [2.45, 2.75) is 24.0 Å². The number of nitrogens with zero attached hydrogens (tertiary/aromatic N) is 2. The molecule has 0 aliphatic rings. The van der Waals surface area contributed by atoms with Crippen LogP contribution in [0.15, 0.2) is 120 Å². The number of thioether (sulfide) groups is 1. The maximum absolute atomic E-state index is 13.4. The molecule has 5 rings (SSSR count). The van der Waals surface area contributed by atoms with E-state index in [0.29, 0.717) is 16.4 Å². The minimum absolute atomic E-state index is 0.105. The summed E-state index contributed by atoms with van der Waals surface area (Å²) in [6.45, 7) is 3.81. The molecule has 1 heterocycles. The number of hydrogen-bond acceptors (Lipinski definition) is 7. The Labute approximate surface area is 263 Å². The molecule has 10 heteroatoms. The standard InChI is InChI=1S/C34H29N5O3S2/c1-22-13-15-24(16-14-22)21-29(36-31(40)26-11-7-4-8-12-26)32(41)35-27-17-19-28(20-18-27)44-30(25-9-5-3-6-10-25)33(42)37-34-39-38-23(2)43-34/h3-21,30H,1-2H3,(H,35,41)(H,36,40)(H,37,39,42)/b29-21-. The molecule has 3 N–H and O–H groups in total. The summed E-state index contributed by atoms with van der Waals surface area (Å²) >= 11 is 2.70. The maximum Gasteiger partial charge on any atom is 0.272 e. The summed E-state index contributed by atoms with van der Waals surface area (Å²) in [7, 11) is 0. The highest BCUT2D eigenvalue weighted by Crippen LogP contribution is 2.37. The van der Waals surface area contributed by atoms with E-state index < -0.39 is 11.2 Å². The highest BCUT2D eigenvalue weighted by Gasteiger charge is 2.23. The first kappa shape index (κ1) is 30.4. The molecule has 1 aromatic heterocycles. The third kappa shape index (κ3) is 8.27. The summed E-state index contributed by atoms with van der Waals surface area (Å²) in [6, 6.07) is 33.1. The van der Waals surface area contributed by atoms with E-state index in [1.807, 2.05) is 86.6 Å². The van der Waals surface area contributed by atoms with Gasteiger partial charge in [-0.3, -0.25) is 19.7 Å². The predicted octanol–water partition coefficient (Wildman–Crippen LogP) is 7.04. The van der Waals surface area contributed by atoms with Gasteiger partial charge in [-0.1, -0.05) is 89.7 Å². The van der Waals surface area contributed by atoms with Crippen molar-refractivity contribution in [3.63, 3.8) is 0 Å². The van der Waals surface area contributed by atoms with E-state index in [-0.39, 0.29) is 17.5 Å². The molecule has 0 aliphatic heterocycles. The minimum atomic E-state index is -0.543. The third-order valence-electron chi connectivity index (χ3n) is 6.38. The summed E-state index contributed by atoms with van der Waals surface area (Å²) in [6.07, 6.45) is 1.64. The number of nitrogens with one attached hydrogen (secondary N) is 3. The average molecular weight is 620 g/mol. The second-order valence-corrected chi connectivity index (χ2v) is 12.2. The summed E-state index contributed by atoms with van der Waals surface area (Å²) in [4.78, 5) is 40.4. The monoisotopic (exact) mass is 619 g/mol. The maximum atomic E-state index is 13.4. The third-order valence-corrected chi connectivity index (χ3v) is 8.40. The smallest absolute Gasteiger partial charge is 0.272 e. The number of hydrogen-bond donors (Lipinski definition) is 3. The Morgan fingerprint density at radius 2 is 1.43 bits per heavy atom. The lowest BCUT2D eigenvalue weighted by Crippen LogP contribution is -2.30. The molecule has 4 aromatic carbocycles. The molecule has 5 aromatic rings. The molecule has 0 bridgehead atoms. The Bertz CT molecular complexity index is 1770. The van der Waals surface area contributed by atoms with Crippen molar-refractivity contribution in [3.05, 3.63) is 142 Å². The first-order valence-corrected chi connectivity index (χ1v) is 15.4. The van der Waals surface area contributed by atoms with E-state index in [9.17, 15) is 14.4 Å². The molecule has 8 nitrogen and oxygen atoms in total. The van der Waals surface area contributed by atoms with Gasteiger partial charge in [0, 0.05) is 16.1 Å². The van der Waals surface area contributed by atoms with Crippen LogP contribution in [0.1, 0.15) is 37.3 Å². The van der Waals surface area contributed by atoms with Crippen molar-refractivity contribution in [2.24, 2.45) is 0 Å². The Balaban J connectivity index is 1.32. The molecule has 0 saturated carbocycles. The number of aromatic nitrogens is 2. The lowest BCUT2D eigenvalue weighted by molar-refractivity contribution is -0.116. The number of anilines is 2. The van der Waals surface area contributed by atoms with Gasteiger partial charge in [0.2, 0.25) is 11.0 Å². The summed E-state index contributed by atoms with van der Waals surface area (Å²) in [5, 5.41) is 17.2. The lowest BCUT2D eigenvalue weighted by atomic mass is 10.1. The van der Waals surface area contributed by atoms with Gasteiger partial charge in [-0.25, -0.2) is 0 Å². The van der Waals surface area contributed by atoms with Crippen LogP contribution >= 0.6 is 23.1 Å². The molecule has 0 spiro atoms. The fourth-order valence-electron chi connectivity index (χ4n) is 4.14. The van der Waals surface area contributed by atoms with Crippen molar-refractivity contribution in [1.29, 1.82) is 0 Å². The molecule has 3 amide bonds. The number of amides is 3. The van der Waals surface area contributed by atoms with E-state index in [1.165, 1.54) is 23.1 Å². The van der Waals surface area contributed by atoms with E-state index in [1.54, 1.807) is 42.5 Å². The van der Waals surface area contributed by atoms with Crippen molar-refractivity contribution < 1.29 is 14.4 Å². The average Bonchev–Trinajstić information content (AvgIpc) is 3.46. The Morgan fingerprint density at radius 3 is 2.07 bits per heavy atom. The molecular formula is C34H29N5O3S2. The number of aryl methyl sites for hydroxylation is 2. The van der Waals surface area contributed by atoms with Crippen LogP contribution in [0, 0.1) is 13.8 Å². The quantitative estimate of drug-likeness (QED) is 0.114. The van der Waals surface area contributed by atoms with Crippen LogP contribution in [0.2, 0.25) is 0 Å². The molecule has 0 fully saturated rings. The summed E-state index contributed by atoms with van der Waals surface area (Å²) in [5.74, 6) is -1.07. The zero-order valence-electron chi connectivity index (χ0n) is 24.0. The second kappa shape index (κ2) is 14.4. The number of benzene rings is 4. The van der Waals surface area contributed by atoms with Gasteiger partial charge in [0.1, 0.15) is 16.0 Å². The minimum Gasteiger partial charge on any atom is -0.321 e. The number of carbonyl (C=O) groups excluding carboxylic acids is 3.